The summed E-state index contributed by atoms with van der Waals surface area (Å²) < 4.78 is 7.01. The van der Waals surface area contributed by atoms with Crippen LogP contribution in [0.2, 0.25) is 0 Å². The normalized spacial score (nSPS) is 10.6. The number of methoxy groups -OCH3 is 1. The van der Waals surface area contributed by atoms with Crippen LogP contribution in [-0.4, -0.2) is 32.9 Å². The molecule has 1 heterocycles. The lowest BCUT2D eigenvalue weighted by Gasteiger charge is -2.07. The molecule has 0 aliphatic rings. The molecule has 4 aromatic rings. The van der Waals surface area contributed by atoms with Gasteiger partial charge in [0.25, 0.3) is 11.8 Å². The molecule has 0 saturated carbocycles. The van der Waals surface area contributed by atoms with Crippen LogP contribution in [0.5, 0.6) is 5.75 Å². The summed E-state index contributed by atoms with van der Waals surface area (Å²) in [5, 5.41) is 0. The fourth-order valence-corrected chi connectivity index (χ4v) is 3.16. The molecular formula is C23H17N3O5. The molecule has 8 nitrogen and oxygen atoms in total. The van der Waals surface area contributed by atoms with E-state index >= 15 is 0 Å². The van der Waals surface area contributed by atoms with Gasteiger partial charge >= 0.3 is 11.4 Å². The van der Waals surface area contributed by atoms with Crippen molar-refractivity contribution in [3.8, 4) is 11.4 Å². The Bertz CT molecular complexity index is 1280. The van der Waals surface area contributed by atoms with Crippen LogP contribution >= 0.6 is 0 Å². The molecule has 3 aromatic carbocycles. The Kier molecular flexibility index (Phi) is 5.19. The predicted octanol–water partition coefficient (Wildman–Crippen LogP) is 2.19. The molecule has 0 bridgehead atoms. The van der Waals surface area contributed by atoms with Crippen molar-refractivity contribution in [2.24, 2.45) is 0 Å². The van der Waals surface area contributed by atoms with E-state index in [4.69, 9.17) is 4.74 Å². The first-order chi connectivity index (χ1) is 15.0. The molecule has 0 fully saturated rings. The Balaban J connectivity index is 1.98. The zero-order chi connectivity index (χ0) is 22.0. The minimum Gasteiger partial charge on any atom is -0.497 e. The Morgan fingerprint density at radius 1 is 0.645 bits per heavy atom. The van der Waals surface area contributed by atoms with E-state index in [1.54, 1.807) is 48.5 Å². The molecule has 0 aliphatic carbocycles. The molecule has 0 aliphatic heterocycles. The zero-order valence-corrected chi connectivity index (χ0v) is 16.5. The number of carbonyl (C=O) groups is 2. The van der Waals surface area contributed by atoms with Crippen molar-refractivity contribution in [2.75, 3.05) is 7.11 Å². The zero-order valence-electron chi connectivity index (χ0n) is 16.5. The van der Waals surface area contributed by atoms with Gasteiger partial charge in [-0.05, 0) is 48.5 Å². The van der Waals surface area contributed by atoms with Crippen LogP contribution in [0, 0.1) is 0 Å². The van der Waals surface area contributed by atoms with Crippen molar-refractivity contribution in [1.29, 1.82) is 0 Å². The van der Waals surface area contributed by atoms with Crippen LogP contribution in [0.15, 0.2) is 94.5 Å². The highest BCUT2D eigenvalue weighted by molar-refractivity contribution is 6.00. The number of rotatable bonds is 4. The lowest BCUT2D eigenvalue weighted by atomic mass is 10.2. The highest BCUT2D eigenvalue weighted by Crippen LogP contribution is 2.13. The van der Waals surface area contributed by atoms with Crippen LogP contribution in [0.3, 0.4) is 0 Å². The van der Waals surface area contributed by atoms with Gasteiger partial charge in [0, 0.05) is 11.1 Å². The van der Waals surface area contributed by atoms with E-state index in [9.17, 15) is 19.2 Å². The Labute approximate surface area is 176 Å². The first-order valence-corrected chi connectivity index (χ1v) is 9.34. The second kappa shape index (κ2) is 8.11. The van der Waals surface area contributed by atoms with E-state index in [-0.39, 0.29) is 16.8 Å². The smallest absolute Gasteiger partial charge is 0.359 e. The van der Waals surface area contributed by atoms with Crippen LogP contribution < -0.4 is 16.1 Å². The van der Waals surface area contributed by atoms with Gasteiger partial charge in [-0.25, -0.2) is 14.2 Å². The van der Waals surface area contributed by atoms with Gasteiger partial charge in [0.15, 0.2) is 0 Å². The van der Waals surface area contributed by atoms with Gasteiger partial charge in [0.05, 0.1) is 12.8 Å². The summed E-state index contributed by atoms with van der Waals surface area (Å²) in [4.78, 5) is 52.7. The van der Waals surface area contributed by atoms with Gasteiger partial charge in [-0.15, -0.1) is 0 Å². The lowest BCUT2D eigenvalue weighted by molar-refractivity contribution is 0.0841. The molecule has 8 heteroatoms. The third-order valence-corrected chi connectivity index (χ3v) is 4.70. The van der Waals surface area contributed by atoms with Gasteiger partial charge in [0.2, 0.25) is 0 Å². The maximum atomic E-state index is 13.2. The van der Waals surface area contributed by atoms with Crippen molar-refractivity contribution in [3.05, 3.63) is 117 Å². The molecule has 0 amide bonds. The molecule has 0 saturated heterocycles. The molecule has 0 unspecified atom stereocenters. The molecule has 0 spiro atoms. The van der Waals surface area contributed by atoms with Crippen LogP contribution in [0.1, 0.15) is 20.7 Å². The van der Waals surface area contributed by atoms with Gasteiger partial charge in [-0.1, -0.05) is 36.4 Å². The van der Waals surface area contributed by atoms with Gasteiger partial charge in [0.1, 0.15) is 5.75 Å². The summed E-state index contributed by atoms with van der Waals surface area (Å²) >= 11 is 0. The summed E-state index contributed by atoms with van der Waals surface area (Å²) in [5.41, 5.74) is -1.39. The van der Waals surface area contributed by atoms with E-state index in [0.29, 0.717) is 15.1 Å². The Morgan fingerprint density at radius 3 is 1.45 bits per heavy atom. The Morgan fingerprint density at radius 2 is 1.06 bits per heavy atom. The maximum absolute atomic E-state index is 13.2. The molecule has 0 N–H and O–H groups in total. The van der Waals surface area contributed by atoms with Crippen LogP contribution in [0.4, 0.5) is 0 Å². The molecule has 1 aromatic heterocycles. The van der Waals surface area contributed by atoms with E-state index < -0.39 is 23.2 Å². The van der Waals surface area contributed by atoms with Crippen molar-refractivity contribution in [2.45, 2.75) is 0 Å². The topological polar surface area (TPSA) is 92.3 Å². The number of nitrogens with zero attached hydrogens (tertiary/aromatic N) is 3. The molecule has 0 radical (unpaired) electrons. The molecular weight excluding hydrogens is 398 g/mol. The van der Waals surface area contributed by atoms with Crippen molar-refractivity contribution < 1.29 is 14.3 Å². The van der Waals surface area contributed by atoms with Gasteiger partial charge in [-0.2, -0.15) is 9.36 Å². The third-order valence-electron chi connectivity index (χ3n) is 4.70. The molecule has 154 valence electrons. The second-order valence-corrected chi connectivity index (χ2v) is 6.56. The third kappa shape index (κ3) is 3.51. The predicted molar refractivity (Wildman–Crippen MR) is 113 cm³/mol. The molecule has 4 rings (SSSR count). The fourth-order valence-electron chi connectivity index (χ4n) is 3.16. The summed E-state index contributed by atoms with van der Waals surface area (Å²) in [6.07, 6.45) is 0. The largest absolute Gasteiger partial charge is 0.497 e. The van der Waals surface area contributed by atoms with Crippen molar-refractivity contribution in [3.63, 3.8) is 0 Å². The van der Waals surface area contributed by atoms with E-state index in [1.165, 1.54) is 43.5 Å². The minimum atomic E-state index is -0.951. The van der Waals surface area contributed by atoms with E-state index in [1.807, 2.05) is 0 Å². The number of benzene rings is 3. The highest BCUT2D eigenvalue weighted by Gasteiger charge is 2.27. The van der Waals surface area contributed by atoms with Crippen LogP contribution in [-0.2, 0) is 0 Å². The monoisotopic (exact) mass is 415 g/mol. The number of hydrogen-bond acceptors (Lipinski definition) is 5. The summed E-state index contributed by atoms with van der Waals surface area (Å²) in [5.74, 6) is -1.06. The standard InChI is InChI=1S/C23H17N3O5/c1-31-19-14-12-18(13-15-19)24-22(29)25(20(27)16-8-4-2-5-9-16)26(23(24)30)21(28)17-10-6-3-7-11-17/h2-15H,1H3. The number of aromatic nitrogens is 3. The Hall–Kier alpha value is -4.46. The van der Waals surface area contributed by atoms with Gasteiger partial charge in [-0.3, -0.25) is 9.59 Å². The number of ether oxygens (including phenoxy) is 1. The highest BCUT2D eigenvalue weighted by atomic mass is 16.5. The number of carbonyl (C=O) groups excluding carboxylic acids is 2. The molecule has 0 atom stereocenters. The summed E-state index contributed by atoms with van der Waals surface area (Å²) in [6, 6.07) is 22.1. The van der Waals surface area contributed by atoms with Crippen LogP contribution in [0.25, 0.3) is 5.69 Å². The summed E-state index contributed by atoms with van der Waals surface area (Å²) in [7, 11) is 1.49. The quantitative estimate of drug-likeness (QED) is 0.510. The molecule has 31 heavy (non-hydrogen) atoms. The number of hydrogen-bond donors (Lipinski definition) is 0. The first kappa shape index (κ1) is 19.8. The minimum absolute atomic E-state index is 0.158. The summed E-state index contributed by atoms with van der Waals surface area (Å²) in [6.45, 7) is 0. The SMILES string of the molecule is COc1ccc(-n2c(=O)n(C(=O)c3ccccc3)n(C(=O)c3ccccc3)c2=O)cc1. The fraction of sp³-hybridized carbons (Fsp3) is 0.0435. The van der Waals surface area contributed by atoms with E-state index in [2.05, 4.69) is 0 Å². The van der Waals surface area contributed by atoms with Crippen molar-refractivity contribution >= 4 is 11.8 Å². The van der Waals surface area contributed by atoms with Gasteiger partial charge < -0.3 is 4.74 Å². The lowest BCUT2D eigenvalue weighted by Crippen LogP contribution is -2.37. The van der Waals surface area contributed by atoms with E-state index in [0.717, 1.165) is 4.57 Å². The average Bonchev–Trinajstić information content (AvgIpc) is 3.09. The average molecular weight is 415 g/mol. The van der Waals surface area contributed by atoms with Crippen molar-refractivity contribution in [1.82, 2.24) is 13.9 Å². The maximum Gasteiger partial charge on any atom is 0.359 e. The second-order valence-electron chi connectivity index (χ2n) is 6.56. The first-order valence-electron chi connectivity index (χ1n) is 9.34.